The molecule has 1 aliphatic heterocycles. The van der Waals surface area contributed by atoms with E-state index in [9.17, 15) is 4.79 Å². The molecular formula is C21H29ClN2O3S. The van der Waals surface area contributed by atoms with Crippen LogP contribution < -0.4 is 9.47 Å². The fourth-order valence-electron chi connectivity index (χ4n) is 3.47. The Labute approximate surface area is 177 Å². The Morgan fingerprint density at radius 1 is 1.18 bits per heavy atom. The van der Waals surface area contributed by atoms with Crippen molar-refractivity contribution in [2.45, 2.75) is 19.3 Å². The molecule has 0 bridgehead atoms. The molecule has 1 aliphatic rings. The number of methoxy groups -OCH3 is 2. The van der Waals surface area contributed by atoms with Crippen molar-refractivity contribution in [3.63, 3.8) is 0 Å². The minimum Gasteiger partial charge on any atom is -0.493 e. The standard InChI is InChI=1S/C21H28N2O3S.ClH/c1-22(10-5-16-7-12-27-15-16)8-4-9-23-11-6-17-13-19(25-2)20(26-3)14-18(17)21(23)24;/h7,12-15H,4-6,8-11H2,1-3H3;1H. The Morgan fingerprint density at radius 3 is 2.61 bits per heavy atom. The Balaban J connectivity index is 0.00000280. The second kappa shape index (κ2) is 10.7. The van der Waals surface area contributed by atoms with Crippen LogP contribution in [0.5, 0.6) is 11.5 Å². The van der Waals surface area contributed by atoms with Crippen molar-refractivity contribution >= 4 is 29.7 Å². The van der Waals surface area contributed by atoms with E-state index in [1.54, 1.807) is 25.6 Å². The molecule has 0 radical (unpaired) electrons. The molecule has 0 fully saturated rings. The van der Waals surface area contributed by atoms with Gasteiger partial charge in [0.25, 0.3) is 5.91 Å². The van der Waals surface area contributed by atoms with Gasteiger partial charge in [0.05, 0.1) is 14.2 Å². The van der Waals surface area contributed by atoms with Gasteiger partial charge in [0.15, 0.2) is 11.5 Å². The van der Waals surface area contributed by atoms with Gasteiger partial charge in [-0.25, -0.2) is 0 Å². The Morgan fingerprint density at radius 2 is 1.93 bits per heavy atom. The van der Waals surface area contributed by atoms with E-state index in [0.29, 0.717) is 11.5 Å². The van der Waals surface area contributed by atoms with Gasteiger partial charge < -0.3 is 19.3 Å². The number of ether oxygens (including phenoxy) is 2. The fourth-order valence-corrected chi connectivity index (χ4v) is 4.17. The topological polar surface area (TPSA) is 42.0 Å². The van der Waals surface area contributed by atoms with E-state index in [-0.39, 0.29) is 18.3 Å². The van der Waals surface area contributed by atoms with Crippen LogP contribution in [0.15, 0.2) is 29.0 Å². The van der Waals surface area contributed by atoms with Gasteiger partial charge in [-0.1, -0.05) is 0 Å². The van der Waals surface area contributed by atoms with E-state index >= 15 is 0 Å². The third-order valence-electron chi connectivity index (χ3n) is 5.11. The van der Waals surface area contributed by atoms with Crippen LogP contribution in [-0.2, 0) is 12.8 Å². The average Bonchev–Trinajstić information content (AvgIpc) is 3.21. The lowest BCUT2D eigenvalue weighted by atomic mass is 9.98. The summed E-state index contributed by atoms with van der Waals surface area (Å²) in [6, 6.07) is 5.93. The first-order valence-corrected chi connectivity index (χ1v) is 10.3. The molecule has 2 heterocycles. The van der Waals surface area contributed by atoms with Crippen molar-refractivity contribution in [1.82, 2.24) is 9.80 Å². The number of hydrogen-bond donors (Lipinski definition) is 0. The summed E-state index contributed by atoms with van der Waals surface area (Å²) in [5.74, 6) is 1.39. The zero-order chi connectivity index (χ0) is 19.2. The highest BCUT2D eigenvalue weighted by atomic mass is 35.5. The number of rotatable bonds is 9. The lowest BCUT2D eigenvalue weighted by Crippen LogP contribution is -2.39. The van der Waals surface area contributed by atoms with Crippen LogP contribution in [0.25, 0.3) is 0 Å². The number of nitrogens with zero attached hydrogens (tertiary/aromatic N) is 2. The van der Waals surface area contributed by atoms with Gasteiger partial charge >= 0.3 is 0 Å². The minimum absolute atomic E-state index is 0. The van der Waals surface area contributed by atoms with Gasteiger partial charge in [-0.05, 0) is 72.9 Å². The van der Waals surface area contributed by atoms with Crippen molar-refractivity contribution < 1.29 is 14.3 Å². The Hall–Kier alpha value is -1.76. The molecule has 0 saturated heterocycles. The molecule has 1 aromatic heterocycles. The number of hydrogen-bond acceptors (Lipinski definition) is 5. The van der Waals surface area contributed by atoms with Crippen molar-refractivity contribution in [2.24, 2.45) is 0 Å². The third kappa shape index (κ3) is 5.40. The van der Waals surface area contributed by atoms with Crippen molar-refractivity contribution in [3.8, 4) is 11.5 Å². The summed E-state index contributed by atoms with van der Waals surface area (Å²) < 4.78 is 10.7. The smallest absolute Gasteiger partial charge is 0.254 e. The molecule has 0 N–H and O–H groups in total. The predicted octanol–water partition coefficient (Wildman–Crippen LogP) is 3.75. The maximum Gasteiger partial charge on any atom is 0.254 e. The summed E-state index contributed by atoms with van der Waals surface area (Å²) in [5, 5.41) is 4.33. The van der Waals surface area contributed by atoms with Gasteiger partial charge in [0.2, 0.25) is 0 Å². The predicted molar refractivity (Wildman–Crippen MR) is 117 cm³/mol. The molecule has 3 rings (SSSR count). The van der Waals surface area contributed by atoms with E-state index in [1.165, 1.54) is 5.56 Å². The van der Waals surface area contributed by atoms with Crippen LogP contribution in [0.4, 0.5) is 0 Å². The number of carbonyl (C=O) groups excluding carboxylic acids is 1. The molecule has 5 nitrogen and oxygen atoms in total. The largest absolute Gasteiger partial charge is 0.493 e. The van der Waals surface area contributed by atoms with Gasteiger partial charge in [0, 0.05) is 25.2 Å². The fraction of sp³-hybridized carbons (Fsp3) is 0.476. The van der Waals surface area contributed by atoms with Crippen LogP contribution in [-0.4, -0.2) is 63.2 Å². The number of likely N-dealkylation sites (N-methyl/N-ethyl adjacent to an activating group) is 1. The van der Waals surface area contributed by atoms with Crippen molar-refractivity contribution in [2.75, 3.05) is 47.4 Å². The third-order valence-corrected chi connectivity index (χ3v) is 5.84. The zero-order valence-electron chi connectivity index (χ0n) is 16.8. The summed E-state index contributed by atoms with van der Waals surface area (Å²) >= 11 is 1.75. The van der Waals surface area contributed by atoms with Gasteiger partial charge in [0.1, 0.15) is 0 Å². The molecule has 0 atom stereocenters. The van der Waals surface area contributed by atoms with Crippen molar-refractivity contribution in [1.29, 1.82) is 0 Å². The summed E-state index contributed by atoms with van der Waals surface area (Å²) in [6.45, 7) is 3.59. The average molecular weight is 425 g/mol. The quantitative estimate of drug-likeness (QED) is 0.614. The molecule has 154 valence electrons. The van der Waals surface area contributed by atoms with E-state index in [2.05, 4.69) is 28.8 Å². The van der Waals surface area contributed by atoms with Crippen LogP contribution in [0.1, 0.15) is 27.9 Å². The molecule has 0 unspecified atom stereocenters. The van der Waals surface area contributed by atoms with Crippen molar-refractivity contribution in [3.05, 3.63) is 45.6 Å². The highest BCUT2D eigenvalue weighted by Crippen LogP contribution is 2.33. The van der Waals surface area contributed by atoms with Gasteiger partial charge in [-0.3, -0.25) is 4.79 Å². The second-order valence-electron chi connectivity index (χ2n) is 6.94. The monoisotopic (exact) mass is 424 g/mol. The maximum absolute atomic E-state index is 12.9. The Bertz CT molecular complexity index is 767. The molecule has 2 aromatic rings. The second-order valence-corrected chi connectivity index (χ2v) is 7.73. The molecule has 1 amide bonds. The number of thiophene rings is 1. The first kappa shape index (κ1) is 22.5. The molecular weight excluding hydrogens is 396 g/mol. The number of benzene rings is 1. The lowest BCUT2D eigenvalue weighted by molar-refractivity contribution is 0.0732. The van der Waals surface area contributed by atoms with E-state index in [1.807, 2.05) is 17.0 Å². The normalized spacial score (nSPS) is 13.3. The molecule has 0 spiro atoms. The van der Waals surface area contributed by atoms with Crippen LogP contribution in [0.2, 0.25) is 0 Å². The summed E-state index contributed by atoms with van der Waals surface area (Å²) in [4.78, 5) is 17.2. The van der Waals surface area contributed by atoms with E-state index < -0.39 is 0 Å². The highest BCUT2D eigenvalue weighted by molar-refractivity contribution is 7.07. The summed E-state index contributed by atoms with van der Waals surface area (Å²) in [7, 11) is 5.37. The number of carbonyl (C=O) groups is 1. The van der Waals surface area contributed by atoms with Crippen LogP contribution in [0.3, 0.4) is 0 Å². The molecule has 7 heteroatoms. The molecule has 28 heavy (non-hydrogen) atoms. The lowest BCUT2D eigenvalue weighted by Gasteiger charge is -2.30. The molecule has 1 aromatic carbocycles. The number of halogens is 1. The molecule has 0 saturated carbocycles. The Kier molecular flexibility index (Phi) is 8.60. The minimum atomic E-state index is 0. The first-order chi connectivity index (χ1) is 13.1. The summed E-state index contributed by atoms with van der Waals surface area (Å²) in [6.07, 6.45) is 2.92. The van der Waals surface area contributed by atoms with E-state index in [4.69, 9.17) is 9.47 Å². The van der Waals surface area contributed by atoms with Gasteiger partial charge in [-0.15, -0.1) is 12.4 Å². The SMILES string of the molecule is COc1cc2c(cc1OC)C(=O)N(CCCN(C)CCc1ccsc1)CC2.Cl. The maximum atomic E-state index is 12.9. The van der Waals surface area contributed by atoms with Crippen LogP contribution >= 0.6 is 23.7 Å². The number of amides is 1. The van der Waals surface area contributed by atoms with Crippen LogP contribution in [0, 0.1) is 0 Å². The summed E-state index contributed by atoms with van der Waals surface area (Å²) in [5.41, 5.74) is 3.19. The first-order valence-electron chi connectivity index (χ1n) is 9.36. The van der Waals surface area contributed by atoms with E-state index in [0.717, 1.165) is 56.6 Å². The number of fused-ring (bicyclic) bond motifs is 1. The highest BCUT2D eigenvalue weighted by Gasteiger charge is 2.26. The zero-order valence-corrected chi connectivity index (χ0v) is 18.4. The molecule has 0 aliphatic carbocycles. The van der Waals surface area contributed by atoms with Gasteiger partial charge in [-0.2, -0.15) is 11.3 Å².